The average molecular weight is 347 g/mol. The Hall–Kier alpha value is -2.28. The fourth-order valence-corrected chi connectivity index (χ4v) is 3.90. The largest absolute Gasteiger partial charge is 0.465 e. The van der Waals surface area contributed by atoms with E-state index < -0.39 is 5.97 Å². The number of nitrogens with zero attached hydrogens (tertiary/aromatic N) is 2. The zero-order chi connectivity index (χ0) is 17.1. The normalized spacial score (nSPS) is 16.6. The van der Waals surface area contributed by atoms with Crippen molar-refractivity contribution < 1.29 is 14.3 Å². The predicted molar refractivity (Wildman–Crippen MR) is 93.5 cm³/mol. The molecule has 6 nitrogen and oxygen atoms in total. The topological polar surface area (TPSA) is 63.6 Å². The van der Waals surface area contributed by atoms with Gasteiger partial charge in [-0.25, -0.2) is 9.59 Å². The molecule has 2 aromatic rings. The van der Waals surface area contributed by atoms with Crippen LogP contribution in [0.25, 0.3) is 0 Å². The number of urea groups is 1. The lowest BCUT2D eigenvalue weighted by molar-refractivity contribution is 0.0607. The second-order valence-corrected chi connectivity index (χ2v) is 6.63. The van der Waals surface area contributed by atoms with Gasteiger partial charge in [-0.1, -0.05) is 13.3 Å². The van der Waals surface area contributed by atoms with Crippen LogP contribution in [0.5, 0.6) is 0 Å². The Morgan fingerprint density at radius 2 is 2.21 bits per heavy atom. The lowest BCUT2D eigenvalue weighted by Crippen LogP contribution is -2.44. The van der Waals surface area contributed by atoms with Crippen LogP contribution in [0.1, 0.15) is 41.2 Å². The van der Waals surface area contributed by atoms with Crippen molar-refractivity contribution in [2.75, 3.05) is 19.0 Å². The zero-order valence-corrected chi connectivity index (χ0v) is 14.6. The first-order chi connectivity index (χ1) is 11.7. The number of ether oxygens (including phenoxy) is 1. The molecule has 1 N–H and O–H groups in total. The van der Waals surface area contributed by atoms with Crippen molar-refractivity contribution in [3.63, 3.8) is 0 Å². The third-order valence-corrected chi connectivity index (χ3v) is 5.16. The summed E-state index contributed by atoms with van der Waals surface area (Å²) in [5.41, 5.74) is 1.67. The van der Waals surface area contributed by atoms with Gasteiger partial charge >= 0.3 is 12.0 Å². The van der Waals surface area contributed by atoms with Crippen molar-refractivity contribution in [2.45, 2.75) is 32.4 Å². The Labute approximate surface area is 145 Å². The summed E-state index contributed by atoms with van der Waals surface area (Å²) in [5, 5.41) is 4.64. The number of aromatic nitrogens is 1. The molecule has 1 atom stereocenters. The van der Waals surface area contributed by atoms with E-state index in [1.54, 1.807) is 11.4 Å². The molecule has 2 aromatic heterocycles. The number of amides is 2. The van der Waals surface area contributed by atoms with E-state index in [2.05, 4.69) is 29.1 Å². The number of carbonyl (C=O) groups excluding carboxylic acids is 2. The maximum atomic E-state index is 12.8. The first-order valence-corrected chi connectivity index (χ1v) is 8.92. The van der Waals surface area contributed by atoms with Crippen molar-refractivity contribution in [1.82, 2.24) is 9.47 Å². The molecule has 0 saturated heterocycles. The van der Waals surface area contributed by atoms with Crippen LogP contribution in [0.4, 0.5) is 10.5 Å². The Morgan fingerprint density at radius 3 is 2.96 bits per heavy atom. The molecule has 0 bridgehead atoms. The van der Waals surface area contributed by atoms with Crippen LogP contribution in [-0.2, 0) is 11.3 Å². The fourth-order valence-electron chi connectivity index (χ4n) is 3.13. The average Bonchev–Trinajstić information content (AvgIpc) is 3.23. The van der Waals surface area contributed by atoms with E-state index in [1.807, 2.05) is 11.0 Å². The van der Waals surface area contributed by atoms with Gasteiger partial charge in [0, 0.05) is 25.0 Å². The van der Waals surface area contributed by atoms with E-state index in [-0.39, 0.29) is 12.1 Å². The zero-order valence-electron chi connectivity index (χ0n) is 13.8. The van der Waals surface area contributed by atoms with Gasteiger partial charge in [0.05, 0.1) is 18.8 Å². The number of anilines is 1. The van der Waals surface area contributed by atoms with Crippen LogP contribution < -0.4 is 5.32 Å². The summed E-state index contributed by atoms with van der Waals surface area (Å²) >= 11 is 1.26. The van der Waals surface area contributed by atoms with Crippen LogP contribution in [-0.4, -0.2) is 35.1 Å². The van der Waals surface area contributed by atoms with E-state index in [0.29, 0.717) is 17.1 Å². The smallest absolute Gasteiger partial charge is 0.350 e. The molecular formula is C17H21N3O3S. The van der Waals surface area contributed by atoms with E-state index >= 15 is 0 Å². The summed E-state index contributed by atoms with van der Waals surface area (Å²) in [7, 11) is 1.34. The molecule has 0 aliphatic carbocycles. The number of carbonyl (C=O) groups is 2. The van der Waals surface area contributed by atoms with Crippen molar-refractivity contribution in [2.24, 2.45) is 0 Å². The summed E-state index contributed by atoms with van der Waals surface area (Å²) in [5.74, 6) is -0.432. The Balaban J connectivity index is 1.80. The second-order valence-electron chi connectivity index (χ2n) is 5.71. The van der Waals surface area contributed by atoms with Crippen LogP contribution in [0.3, 0.4) is 0 Å². The molecule has 3 rings (SSSR count). The highest BCUT2D eigenvalue weighted by Crippen LogP contribution is 2.31. The van der Waals surface area contributed by atoms with Gasteiger partial charge in [0.2, 0.25) is 0 Å². The SMILES string of the molecule is CCCC1c2cccn2CCN1C(=O)Nc1ccsc1C(=O)OC. The van der Waals surface area contributed by atoms with Gasteiger partial charge in [0.25, 0.3) is 0 Å². The molecule has 0 aromatic carbocycles. The molecule has 1 aliphatic heterocycles. The highest BCUT2D eigenvalue weighted by atomic mass is 32.1. The molecular weight excluding hydrogens is 326 g/mol. The number of nitrogens with one attached hydrogen (secondary N) is 1. The highest BCUT2D eigenvalue weighted by molar-refractivity contribution is 7.12. The predicted octanol–water partition coefficient (Wildman–Crippen LogP) is 3.73. The first kappa shape index (κ1) is 16.6. The maximum Gasteiger partial charge on any atom is 0.350 e. The standard InChI is InChI=1S/C17H21N3O3S/c1-3-5-14-13-6-4-8-19(13)9-10-20(14)17(22)18-12-7-11-24-15(12)16(21)23-2/h4,6-8,11,14H,3,5,9-10H2,1-2H3,(H,18,22). The maximum absolute atomic E-state index is 12.8. The number of methoxy groups -OCH3 is 1. The van der Waals surface area contributed by atoms with Crippen molar-refractivity contribution in [1.29, 1.82) is 0 Å². The summed E-state index contributed by atoms with van der Waals surface area (Å²) in [6.07, 6.45) is 3.96. The first-order valence-electron chi connectivity index (χ1n) is 8.04. The number of hydrogen-bond acceptors (Lipinski definition) is 4. The van der Waals surface area contributed by atoms with Crippen LogP contribution >= 0.6 is 11.3 Å². The molecule has 1 unspecified atom stereocenters. The second kappa shape index (κ2) is 7.09. The third kappa shape index (κ3) is 3.03. The Kier molecular flexibility index (Phi) is 4.89. The molecule has 1 aliphatic rings. The monoisotopic (exact) mass is 347 g/mol. The van der Waals surface area contributed by atoms with Gasteiger partial charge in [-0.15, -0.1) is 11.3 Å². The quantitative estimate of drug-likeness (QED) is 0.857. The molecule has 7 heteroatoms. The molecule has 128 valence electrons. The Bertz CT molecular complexity index is 737. The lowest BCUT2D eigenvalue weighted by Gasteiger charge is -2.37. The number of fused-ring (bicyclic) bond motifs is 1. The van der Waals surface area contributed by atoms with E-state index in [0.717, 1.165) is 25.1 Å². The van der Waals surface area contributed by atoms with E-state index in [1.165, 1.54) is 18.4 Å². The van der Waals surface area contributed by atoms with Gasteiger partial charge in [0.15, 0.2) is 0 Å². The third-order valence-electron chi connectivity index (χ3n) is 4.26. The van der Waals surface area contributed by atoms with Gasteiger partial charge < -0.3 is 19.5 Å². The van der Waals surface area contributed by atoms with Crippen LogP contribution in [0.15, 0.2) is 29.8 Å². The molecule has 0 spiro atoms. The van der Waals surface area contributed by atoms with Crippen LogP contribution in [0, 0.1) is 0 Å². The van der Waals surface area contributed by atoms with E-state index in [4.69, 9.17) is 4.74 Å². The van der Waals surface area contributed by atoms with Gasteiger partial charge in [0.1, 0.15) is 4.88 Å². The van der Waals surface area contributed by atoms with E-state index in [9.17, 15) is 9.59 Å². The minimum absolute atomic E-state index is 0.0546. The van der Waals surface area contributed by atoms with Crippen molar-refractivity contribution >= 4 is 29.0 Å². The van der Waals surface area contributed by atoms with Gasteiger partial charge in [-0.2, -0.15) is 0 Å². The lowest BCUT2D eigenvalue weighted by atomic mass is 10.0. The number of esters is 1. The molecule has 3 heterocycles. The molecule has 0 radical (unpaired) electrons. The molecule has 0 fully saturated rings. The van der Waals surface area contributed by atoms with Crippen molar-refractivity contribution in [3.05, 3.63) is 40.3 Å². The minimum Gasteiger partial charge on any atom is -0.465 e. The number of thiophene rings is 1. The summed E-state index contributed by atoms with van der Waals surface area (Å²) in [6, 6.07) is 5.71. The van der Waals surface area contributed by atoms with Crippen LogP contribution in [0.2, 0.25) is 0 Å². The molecule has 24 heavy (non-hydrogen) atoms. The van der Waals surface area contributed by atoms with Gasteiger partial charge in [-0.05, 0) is 30.0 Å². The summed E-state index contributed by atoms with van der Waals surface area (Å²) in [4.78, 5) is 26.8. The number of rotatable bonds is 4. The molecule has 2 amide bonds. The van der Waals surface area contributed by atoms with Gasteiger partial charge in [-0.3, -0.25) is 0 Å². The minimum atomic E-state index is -0.432. The highest BCUT2D eigenvalue weighted by Gasteiger charge is 2.30. The molecule has 0 saturated carbocycles. The fraction of sp³-hybridized carbons (Fsp3) is 0.412. The number of hydrogen-bond donors (Lipinski definition) is 1. The Morgan fingerprint density at radius 1 is 1.38 bits per heavy atom. The van der Waals surface area contributed by atoms with Crippen molar-refractivity contribution in [3.8, 4) is 0 Å². The summed E-state index contributed by atoms with van der Waals surface area (Å²) in [6.45, 7) is 3.55. The summed E-state index contributed by atoms with van der Waals surface area (Å²) < 4.78 is 6.96.